The average Bonchev–Trinajstić information content (AvgIpc) is 3.26. The maximum Gasteiger partial charge on any atom is 0.246 e. The van der Waals surface area contributed by atoms with Crippen molar-refractivity contribution >= 4 is 23.0 Å². The van der Waals surface area contributed by atoms with Crippen molar-refractivity contribution < 1.29 is 18.4 Å². The lowest BCUT2D eigenvalue weighted by atomic mass is 9.98. The molecule has 6 nitrogen and oxygen atoms in total. The van der Waals surface area contributed by atoms with Crippen molar-refractivity contribution in [3.8, 4) is 22.8 Å². The van der Waals surface area contributed by atoms with Gasteiger partial charge in [-0.05, 0) is 53.5 Å². The van der Waals surface area contributed by atoms with Crippen molar-refractivity contribution in [3.05, 3.63) is 83.6 Å². The number of carbonyl (C=O) groups excluding carboxylic acids is 1. The average molecular weight is 457 g/mol. The van der Waals surface area contributed by atoms with E-state index in [1.807, 2.05) is 48.5 Å². The number of carbonyl (C=O) groups is 1. The Morgan fingerprint density at radius 3 is 2.56 bits per heavy atom. The molecule has 3 heterocycles. The third kappa shape index (κ3) is 3.81. The first kappa shape index (κ1) is 18.4. The summed E-state index contributed by atoms with van der Waals surface area (Å²) in [6.45, 7) is -1.44. The topological polar surface area (TPSA) is 56.6 Å². The Balaban J connectivity index is 1.53. The lowest BCUT2D eigenvalue weighted by Crippen LogP contribution is -2.34. The van der Waals surface area contributed by atoms with Gasteiger partial charge in [-0.2, -0.15) is 0 Å². The second-order valence-corrected chi connectivity index (χ2v) is 8.16. The summed E-state index contributed by atoms with van der Waals surface area (Å²) in [7, 11) is 3.20. The molecule has 0 spiro atoms. The molecule has 0 N–H and O–H groups in total. The Hall–Kier alpha value is -4.06. The Bertz CT molecular complexity index is 1490. The number of hydrogen-bond acceptors (Lipinski definition) is 4. The summed E-state index contributed by atoms with van der Waals surface area (Å²) in [6, 6.07) is 16.8. The van der Waals surface area contributed by atoms with E-state index in [0.29, 0.717) is 53.3 Å². The predicted octanol–water partition coefficient (Wildman–Crippen LogP) is 4.86. The van der Waals surface area contributed by atoms with E-state index in [-0.39, 0.29) is 5.91 Å². The highest BCUT2D eigenvalue weighted by Crippen LogP contribution is 2.35. The Labute approximate surface area is 203 Å². The smallest absolute Gasteiger partial charge is 0.246 e. The van der Waals surface area contributed by atoms with E-state index in [9.17, 15) is 4.79 Å². The normalized spacial score (nSPS) is 15.0. The Morgan fingerprint density at radius 1 is 1.06 bits per heavy atom. The zero-order valence-corrected chi connectivity index (χ0v) is 19.1. The standard InChI is InChI=1S/C28H27N3O3/c1-30-27(19-8-5-4-6-9-19)22(23-10-7-14-29-28(23)30)11-12-26(32)31-15-13-20-16-24(33-2)25(34-3)17-21(20)18-31/h4-12,14,16-17H,13,15,18H2,1-3H3/b12-11+/i1D3. The first-order valence-electron chi connectivity index (χ1n) is 12.6. The van der Waals surface area contributed by atoms with Crippen molar-refractivity contribution in [1.82, 2.24) is 14.5 Å². The molecule has 6 heteroatoms. The lowest BCUT2D eigenvalue weighted by molar-refractivity contribution is -0.126. The Morgan fingerprint density at radius 2 is 1.82 bits per heavy atom. The van der Waals surface area contributed by atoms with Crippen LogP contribution in [0.3, 0.4) is 0 Å². The molecule has 2 aromatic carbocycles. The number of nitrogens with zero attached hydrogens (tertiary/aromatic N) is 3. The van der Waals surface area contributed by atoms with Gasteiger partial charge in [0.05, 0.1) is 19.9 Å². The van der Waals surface area contributed by atoms with Crippen molar-refractivity contribution in [2.45, 2.75) is 13.0 Å². The van der Waals surface area contributed by atoms with Crippen molar-refractivity contribution in [1.29, 1.82) is 0 Å². The number of aryl methyl sites for hydroxylation is 1. The summed E-state index contributed by atoms with van der Waals surface area (Å²) in [5, 5.41) is 0.669. The maximum atomic E-state index is 13.3. The highest BCUT2D eigenvalue weighted by Gasteiger charge is 2.22. The van der Waals surface area contributed by atoms with Crippen LogP contribution in [0.15, 0.2) is 66.9 Å². The van der Waals surface area contributed by atoms with Crippen LogP contribution in [0.1, 0.15) is 20.8 Å². The molecule has 1 amide bonds. The number of pyridine rings is 1. The minimum absolute atomic E-state index is 0.155. The van der Waals surface area contributed by atoms with Crippen molar-refractivity contribution in [2.24, 2.45) is 6.98 Å². The summed E-state index contributed by atoms with van der Waals surface area (Å²) >= 11 is 0. The number of rotatable bonds is 5. The van der Waals surface area contributed by atoms with Gasteiger partial charge >= 0.3 is 0 Å². The highest BCUT2D eigenvalue weighted by atomic mass is 16.5. The van der Waals surface area contributed by atoms with Gasteiger partial charge in [-0.3, -0.25) is 4.79 Å². The van der Waals surface area contributed by atoms with Crippen molar-refractivity contribution in [3.63, 3.8) is 0 Å². The van der Waals surface area contributed by atoms with Crippen LogP contribution in [-0.2, 0) is 24.7 Å². The van der Waals surface area contributed by atoms with E-state index in [1.54, 1.807) is 37.5 Å². The lowest BCUT2D eigenvalue weighted by Gasteiger charge is -2.28. The quantitative estimate of drug-likeness (QED) is 0.403. The van der Waals surface area contributed by atoms with E-state index >= 15 is 0 Å². The molecule has 34 heavy (non-hydrogen) atoms. The molecule has 1 aliphatic rings. The van der Waals surface area contributed by atoms with Crippen LogP contribution in [0.25, 0.3) is 28.4 Å². The molecule has 0 fully saturated rings. The van der Waals surface area contributed by atoms with Crippen LogP contribution in [0.4, 0.5) is 0 Å². The SMILES string of the molecule is [2H]C([2H])([2H])n1c(-c2ccccc2)c(/C=C/C(=O)N2CCc3cc(OC)c(OC)cc3C2)c2cccnc21. The zero-order chi connectivity index (χ0) is 26.2. The summed E-state index contributed by atoms with van der Waals surface area (Å²) in [6.07, 6.45) is 5.50. The van der Waals surface area contributed by atoms with E-state index in [0.717, 1.165) is 16.7 Å². The molecule has 0 saturated heterocycles. The third-order valence-electron chi connectivity index (χ3n) is 6.24. The number of fused-ring (bicyclic) bond motifs is 2. The largest absolute Gasteiger partial charge is 0.493 e. The molecule has 172 valence electrons. The number of hydrogen-bond donors (Lipinski definition) is 0. The van der Waals surface area contributed by atoms with Gasteiger partial charge in [-0.1, -0.05) is 30.3 Å². The summed E-state index contributed by atoms with van der Waals surface area (Å²) in [5.74, 6) is 1.15. The Kier molecular flexibility index (Phi) is 4.90. The summed E-state index contributed by atoms with van der Waals surface area (Å²) < 4.78 is 36.7. The minimum atomic E-state index is -2.45. The number of amides is 1. The van der Waals surface area contributed by atoms with Gasteiger partial charge in [0.25, 0.3) is 0 Å². The van der Waals surface area contributed by atoms with Crippen LogP contribution in [-0.4, -0.2) is 41.1 Å². The fourth-order valence-electron chi connectivity index (χ4n) is 4.52. The number of ether oxygens (including phenoxy) is 2. The van der Waals surface area contributed by atoms with Gasteiger partial charge in [0.1, 0.15) is 5.65 Å². The molecular weight excluding hydrogens is 426 g/mol. The van der Waals surface area contributed by atoms with Gasteiger partial charge in [0, 0.05) is 47.4 Å². The second-order valence-electron chi connectivity index (χ2n) is 8.16. The molecule has 0 saturated carbocycles. The van der Waals surface area contributed by atoms with Gasteiger partial charge < -0.3 is 18.9 Å². The van der Waals surface area contributed by atoms with E-state index in [4.69, 9.17) is 13.6 Å². The number of methoxy groups -OCH3 is 2. The first-order chi connectivity index (χ1) is 17.8. The van der Waals surface area contributed by atoms with Crippen LogP contribution in [0.2, 0.25) is 0 Å². The fourth-order valence-corrected chi connectivity index (χ4v) is 4.52. The summed E-state index contributed by atoms with van der Waals surface area (Å²) in [5.41, 5.74) is 4.36. The second kappa shape index (κ2) is 9.06. The third-order valence-corrected chi connectivity index (χ3v) is 6.24. The summed E-state index contributed by atoms with van der Waals surface area (Å²) in [4.78, 5) is 19.4. The van der Waals surface area contributed by atoms with Crippen LogP contribution >= 0.6 is 0 Å². The molecule has 0 aliphatic carbocycles. The number of aromatic nitrogens is 2. The molecule has 0 atom stereocenters. The molecule has 0 unspecified atom stereocenters. The number of benzene rings is 2. The molecular formula is C28H27N3O3. The van der Waals surface area contributed by atoms with E-state index in [1.165, 1.54) is 10.6 Å². The van der Waals surface area contributed by atoms with Crippen LogP contribution in [0, 0.1) is 0 Å². The molecule has 2 aromatic heterocycles. The van der Waals surface area contributed by atoms with Gasteiger partial charge in [-0.25, -0.2) is 4.98 Å². The van der Waals surface area contributed by atoms with Gasteiger partial charge in [0.2, 0.25) is 5.91 Å². The maximum absolute atomic E-state index is 13.3. The predicted molar refractivity (Wildman–Crippen MR) is 134 cm³/mol. The van der Waals surface area contributed by atoms with Crippen LogP contribution in [0.5, 0.6) is 11.5 Å². The molecule has 4 aromatic rings. The monoisotopic (exact) mass is 456 g/mol. The fraction of sp³-hybridized carbons (Fsp3) is 0.214. The van der Waals surface area contributed by atoms with Gasteiger partial charge in [0.15, 0.2) is 11.5 Å². The zero-order valence-electron chi connectivity index (χ0n) is 22.1. The van der Waals surface area contributed by atoms with Gasteiger partial charge in [-0.15, -0.1) is 0 Å². The highest BCUT2D eigenvalue weighted by molar-refractivity contribution is 6.00. The van der Waals surface area contributed by atoms with Crippen LogP contribution < -0.4 is 9.47 Å². The molecule has 0 bridgehead atoms. The van der Waals surface area contributed by atoms with Crippen molar-refractivity contribution in [2.75, 3.05) is 20.8 Å². The first-order valence-corrected chi connectivity index (χ1v) is 11.1. The van der Waals surface area contributed by atoms with E-state index in [2.05, 4.69) is 4.98 Å². The molecule has 1 aliphatic heterocycles. The molecule has 0 radical (unpaired) electrons. The minimum Gasteiger partial charge on any atom is -0.493 e. The van der Waals surface area contributed by atoms with E-state index < -0.39 is 6.98 Å². The molecule has 5 rings (SSSR count).